The molecule has 0 radical (unpaired) electrons. The van der Waals surface area contributed by atoms with Crippen molar-refractivity contribution in [1.82, 2.24) is 5.01 Å². The van der Waals surface area contributed by atoms with Crippen LogP contribution < -0.4 is 0 Å². The quantitative estimate of drug-likeness (QED) is 0.693. The van der Waals surface area contributed by atoms with Crippen LogP contribution in [-0.2, 0) is 10.5 Å². The van der Waals surface area contributed by atoms with Crippen molar-refractivity contribution in [1.29, 1.82) is 0 Å². The number of rotatable bonds is 5. The maximum absolute atomic E-state index is 13.6. The summed E-state index contributed by atoms with van der Waals surface area (Å²) in [4.78, 5) is 12.5. The predicted molar refractivity (Wildman–Crippen MR) is 106 cm³/mol. The van der Waals surface area contributed by atoms with E-state index in [0.29, 0.717) is 11.3 Å². The monoisotopic (exact) mass is 472 g/mol. The van der Waals surface area contributed by atoms with Gasteiger partial charge in [0.2, 0.25) is 0 Å². The molecule has 1 aliphatic heterocycles. The molecule has 0 saturated heterocycles. The normalized spacial score (nSPS) is 19.6. The van der Waals surface area contributed by atoms with Crippen molar-refractivity contribution >= 4 is 39.3 Å². The van der Waals surface area contributed by atoms with Gasteiger partial charge in [0.05, 0.1) is 17.9 Å². The van der Waals surface area contributed by atoms with Crippen LogP contribution in [0.1, 0.15) is 17.5 Å². The second-order valence-corrected chi connectivity index (χ2v) is 8.13. The summed E-state index contributed by atoms with van der Waals surface area (Å²) in [7, 11) is 0. The van der Waals surface area contributed by atoms with Gasteiger partial charge in [-0.05, 0) is 23.3 Å². The van der Waals surface area contributed by atoms with E-state index in [1.54, 1.807) is 24.3 Å². The van der Waals surface area contributed by atoms with Gasteiger partial charge in [-0.15, -0.1) is 11.8 Å². The summed E-state index contributed by atoms with van der Waals surface area (Å²) in [6.45, 7) is 0. The summed E-state index contributed by atoms with van der Waals surface area (Å²) in [5, 5.41) is 14.3. The lowest BCUT2D eigenvalue weighted by Crippen LogP contribution is -2.57. The van der Waals surface area contributed by atoms with Crippen molar-refractivity contribution in [3.8, 4) is 0 Å². The molecule has 0 spiro atoms. The van der Waals surface area contributed by atoms with Gasteiger partial charge in [-0.25, -0.2) is 0 Å². The Morgan fingerprint density at radius 3 is 2.43 bits per heavy atom. The molecule has 0 bridgehead atoms. The van der Waals surface area contributed by atoms with Gasteiger partial charge in [0.1, 0.15) is 0 Å². The van der Waals surface area contributed by atoms with Crippen LogP contribution in [0.5, 0.6) is 0 Å². The standard InChI is InChI=1S/C19H16BrF3N2O2S/c20-15-8-6-14(7-9-15)16-10-18(27,19(21,22)23)25(24-16)17(26)12-28-11-13-4-2-1-3-5-13/h1-9,27H,10-12H2/t18-/m1/s1. The number of hydrogen-bond donors (Lipinski definition) is 1. The molecule has 0 aliphatic carbocycles. The van der Waals surface area contributed by atoms with E-state index >= 15 is 0 Å². The molecule has 1 heterocycles. The third-order valence-corrected chi connectivity index (χ3v) is 5.71. The van der Waals surface area contributed by atoms with Crippen molar-refractivity contribution in [2.45, 2.75) is 24.1 Å². The highest BCUT2D eigenvalue weighted by Crippen LogP contribution is 2.41. The van der Waals surface area contributed by atoms with E-state index in [9.17, 15) is 23.1 Å². The van der Waals surface area contributed by atoms with Crippen LogP contribution >= 0.6 is 27.7 Å². The highest BCUT2D eigenvalue weighted by molar-refractivity contribution is 9.10. The second kappa shape index (κ2) is 8.26. The molecule has 1 N–H and O–H groups in total. The Hall–Kier alpha value is -1.84. The largest absolute Gasteiger partial charge is 0.438 e. The summed E-state index contributed by atoms with van der Waals surface area (Å²) in [6.07, 6.45) is -5.85. The summed E-state index contributed by atoms with van der Waals surface area (Å²) in [6, 6.07) is 15.7. The third kappa shape index (κ3) is 4.42. The van der Waals surface area contributed by atoms with E-state index in [1.807, 2.05) is 30.3 Å². The molecule has 2 aromatic carbocycles. The number of hydrogen-bond acceptors (Lipinski definition) is 4. The van der Waals surface area contributed by atoms with Crippen LogP contribution in [0.3, 0.4) is 0 Å². The minimum atomic E-state index is -5.03. The van der Waals surface area contributed by atoms with E-state index in [-0.39, 0.29) is 16.5 Å². The van der Waals surface area contributed by atoms with Crippen molar-refractivity contribution in [3.05, 3.63) is 70.2 Å². The van der Waals surface area contributed by atoms with Crippen LogP contribution in [0.15, 0.2) is 64.2 Å². The number of halogens is 4. The fourth-order valence-corrected chi connectivity index (χ4v) is 3.81. The van der Waals surface area contributed by atoms with E-state index < -0.39 is 24.2 Å². The summed E-state index contributed by atoms with van der Waals surface area (Å²) in [5.41, 5.74) is -1.97. The molecule has 1 aliphatic rings. The maximum Gasteiger partial charge on any atom is 0.438 e. The lowest BCUT2D eigenvalue weighted by molar-refractivity contribution is -0.301. The predicted octanol–water partition coefficient (Wildman–Crippen LogP) is 4.57. The highest BCUT2D eigenvalue weighted by Gasteiger charge is 2.63. The Kier molecular flexibility index (Phi) is 6.16. The van der Waals surface area contributed by atoms with Gasteiger partial charge >= 0.3 is 6.18 Å². The van der Waals surface area contributed by atoms with E-state index in [4.69, 9.17) is 0 Å². The van der Waals surface area contributed by atoms with Gasteiger partial charge in [-0.3, -0.25) is 4.79 Å². The molecule has 2 aromatic rings. The fraction of sp³-hybridized carbons (Fsp3) is 0.263. The van der Waals surface area contributed by atoms with E-state index in [2.05, 4.69) is 21.0 Å². The molecule has 3 rings (SSSR count). The highest BCUT2D eigenvalue weighted by atomic mass is 79.9. The zero-order chi connectivity index (χ0) is 20.4. The summed E-state index contributed by atoms with van der Waals surface area (Å²) >= 11 is 4.42. The van der Waals surface area contributed by atoms with Gasteiger partial charge < -0.3 is 5.11 Å². The number of hydrazone groups is 1. The number of carbonyl (C=O) groups is 1. The van der Waals surface area contributed by atoms with Crippen molar-refractivity contribution in [2.75, 3.05) is 5.75 Å². The zero-order valence-electron chi connectivity index (χ0n) is 14.5. The number of carbonyl (C=O) groups excluding carboxylic acids is 1. The molecule has 1 atom stereocenters. The molecule has 9 heteroatoms. The van der Waals surface area contributed by atoms with Crippen LogP contribution in [-0.4, -0.2) is 39.4 Å². The van der Waals surface area contributed by atoms with Crippen LogP contribution in [0.25, 0.3) is 0 Å². The molecule has 0 saturated carbocycles. The zero-order valence-corrected chi connectivity index (χ0v) is 16.9. The third-order valence-electron chi connectivity index (χ3n) is 4.19. The van der Waals surface area contributed by atoms with Gasteiger partial charge in [0.15, 0.2) is 0 Å². The number of nitrogens with zero attached hydrogens (tertiary/aromatic N) is 2. The minimum absolute atomic E-state index is 0.00809. The number of aliphatic hydroxyl groups is 1. The Morgan fingerprint density at radius 1 is 1.18 bits per heavy atom. The SMILES string of the molecule is O=C(CSCc1ccccc1)N1N=C(c2ccc(Br)cc2)C[C@@]1(O)C(F)(F)F. The first-order chi connectivity index (χ1) is 13.2. The van der Waals surface area contributed by atoms with Crippen LogP contribution in [0.4, 0.5) is 13.2 Å². The molecule has 4 nitrogen and oxygen atoms in total. The molecular formula is C19H16BrF3N2O2S. The van der Waals surface area contributed by atoms with Gasteiger partial charge in [-0.1, -0.05) is 58.4 Å². The van der Waals surface area contributed by atoms with Gasteiger partial charge in [0, 0.05) is 10.2 Å². The molecular weight excluding hydrogens is 457 g/mol. The first-order valence-corrected chi connectivity index (χ1v) is 10.2. The van der Waals surface area contributed by atoms with E-state index in [0.717, 1.165) is 10.0 Å². The Balaban J connectivity index is 1.77. The van der Waals surface area contributed by atoms with Gasteiger partial charge in [-0.2, -0.15) is 23.3 Å². The molecule has 148 valence electrons. The maximum atomic E-state index is 13.6. The van der Waals surface area contributed by atoms with Crippen LogP contribution in [0, 0.1) is 0 Å². The summed E-state index contributed by atoms with van der Waals surface area (Å²) < 4.78 is 41.4. The Labute approximate surface area is 172 Å². The van der Waals surface area contributed by atoms with Crippen LogP contribution in [0.2, 0.25) is 0 Å². The number of alkyl halides is 3. The number of benzene rings is 2. The first kappa shape index (κ1) is 20.9. The number of thioether (sulfide) groups is 1. The second-order valence-electron chi connectivity index (χ2n) is 6.23. The molecule has 0 unspecified atom stereocenters. The molecule has 0 fully saturated rings. The van der Waals surface area contributed by atoms with Crippen molar-refractivity contribution < 1.29 is 23.1 Å². The number of amides is 1. The fourth-order valence-electron chi connectivity index (χ4n) is 2.72. The summed E-state index contributed by atoms with van der Waals surface area (Å²) in [5.74, 6) is -0.661. The Bertz CT molecular complexity index is 875. The average Bonchev–Trinajstić information content (AvgIpc) is 3.02. The molecule has 1 amide bonds. The average molecular weight is 473 g/mol. The molecule has 0 aromatic heterocycles. The lowest BCUT2D eigenvalue weighted by atomic mass is 10.0. The van der Waals surface area contributed by atoms with Gasteiger partial charge in [0.25, 0.3) is 11.6 Å². The lowest BCUT2D eigenvalue weighted by Gasteiger charge is -2.32. The minimum Gasteiger partial charge on any atom is -0.362 e. The smallest absolute Gasteiger partial charge is 0.362 e. The first-order valence-electron chi connectivity index (χ1n) is 8.28. The molecule has 28 heavy (non-hydrogen) atoms. The van der Waals surface area contributed by atoms with E-state index in [1.165, 1.54) is 11.8 Å². The van der Waals surface area contributed by atoms with Crippen molar-refractivity contribution in [2.24, 2.45) is 5.10 Å². The topological polar surface area (TPSA) is 52.9 Å². The van der Waals surface area contributed by atoms with Crippen molar-refractivity contribution in [3.63, 3.8) is 0 Å². The Morgan fingerprint density at radius 2 is 1.82 bits per heavy atom.